The minimum Gasteiger partial charge on any atom is -0.355 e. The van der Waals surface area contributed by atoms with Gasteiger partial charge < -0.3 is 10.6 Å². The molecule has 120 valence electrons. The van der Waals surface area contributed by atoms with Gasteiger partial charge in [-0.05, 0) is 37.1 Å². The van der Waals surface area contributed by atoms with Gasteiger partial charge in [0.25, 0.3) is 5.91 Å². The fraction of sp³-hybridized carbons (Fsp3) is 0.278. The average molecular weight is 311 g/mol. The van der Waals surface area contributed by atoms with Crippen molar-refractivity contribution < 1.29 is 9.59 Å². The van der Waals surface area contributed by atoms with E-state index in [1.807, 2.05) is 26.0 Å². The Labute approximate surface area is 136 Å². The molecule has 2 rings (SSSR count). The second-order valence-corrected chi connectivity index (χ2v) is 5.80. The molecule has 2 N–H and O–H groups in total. The zero-order valence-electron chi connectivity index (χ0n) is 13.6. The molecule has 1 aromatic heterocycles. The predicted octanol–water partition coefficient (Wildman–Crippen LogP) is 3.41. The van der Waals surface area contributed by atoms with Gasteiger partial charge in [-0.1, -0.05) is 26.0 Å². The third-order valence-electron chi connectivity index (χ3n) is 3.22. The lowest BCUT2D eigenvalue weighted by Gasteiger charge is -2.10. The van der Waals surface area contributed by atoms with Crippen molar-refractivity contribution in [2.75, 3.05) is 11.9 Å². The van der Waals surface area contributed by atoms with E-state index in [1.54, 1.807) is 30.5 Å². The molecule has 0 fully saturated rings. The number of carbonyl (C=O) groups is 2. The minimum absolute atomic E-state index is 0.0112. The molecule has 1 heterocycles. The van der Waals surface area contributed by atoms with Crippen molar-refractivity contribution in [3.63, 3.8) is 0 Å². The van der Waals surface area contributed by atoms with Crippen LogP contribution < -0.4 is 10.6 Å². The van der Waals surface area contributed by atoms with Crippen LogP contribution in [-0.4, -0.2) is 23.2 Å². The molecule has 1 aromatic carbocycles. The van der Waals surface area contributed by atoms with Crippen LogP contribution in [0.1, 0.15) is 41.6 Å². The predicted molar refractivity (Wildman–Crippen MR) is 91.1 cm³/mol. The maximum Gasteiger partial charge on any atom is 0.269 e. The van der Waals surface area contributed by atoms with Crippen LogP contribution in [0.15, 0.2) is 42.6 Å². The van der Waals surface area contributed by atoms with Gasteiger partial charge in [-0.25, -0.2) is 0 Å². The molecule has 0 spiro atoms. The molecule has 23 heavy (non-hydrogen) atoms. The molecule has 0 aliphatic rings. The number of anilines is 2. The van der Waals surface area contributed by atoms with E-state index in [9.17, 15) is 9.59 Å². The Morgan fingerprint density at radius 2 is 1.87 bits per heavy atom. The van der Waals surface area contributed by atoms with Gasteiger partial charge >= 0.3 is 0 Å². The van der Waals surface area contributed by atoms with E-state index in [1.165, 1.54) is 6.92 Å². The molecule has 0 saturated heterocycles. The third kappa shape index (κ3) is 4.92. The van der Waals surface area contributed by atoms with E-state index < -0.39 is 0 Å². The number of hydrogen-bond donors (Lipinski definition) is 2. The highest BCUT2D eigenvalue weighted by molar-refractivity contribution is 5.95. The van der Waals surface area contributed by atoms with Crippen LogP contribution in [0.25, 0.3) is 0 Å². The number of pyridine rings is 1. The third-order valence-corrected chi connectivity index (χ3v) is 3.22. The summed E-state index contributed by atoms with van der Waals surface area (Å²) in [7, 11) is 0. The topological polar surface area (TPSA) is 71.1 Å². The fourth-order valence-corrected chi connectivity index (χ4v) is 2.00. The van der Waals surface area contributed by atoms with E-state index in [2.05, 4.69) is 15.6 Å². The maximum atomic E-state index is 12.1. The molecular weight excluding hydrogens is 290 g/mol. The number of carbonyl (C=O) groups excluding carboxylic acids is 2. The molecule has 1 amide bonds. The Bertz CT molecular complexity index is 711. The summed E-state index contributed by atoms with van der Waals surface area (Å²) >= 11 is 0. The first-order valence-electron chi connectivity index (χ1n) is 7.58. The number of benzene rings is 1. The average Bonchev–Trinajstić information content (AvgIpc) is 2.53. The van der Waals surface area contributed by atoms with Gasteiger partial charge in [-0.3, -0.25) is 14.6 Å². The standard InChI is InChI=1S/C18H21N3O2/c1-12(2)11-20-18(23)17-10-16(7-8-19-17)21-15-6-4-5-14(9-15)13(3)22/h4-10,12H,11H2,1-3H3,(H,19,21)(H,20,23). The van der Waals surface area contributed by atoms with Crippen LogP contribution in [0.2, 0.25) is 0 Å². The maximum absolute atomic E-state index is 12.1. The number of nitrogens with zero attached hydrogens (tertiary/aromatic N) is 1. The van der Waals surface area contributed by atoms with Crippen LogP contribution in [-0.2, 0) is 0 Å². The van der Waals surface area contributed by atoms with Gasteiger partial charge in [-0.15, -0.1) is 0 Å². The number of hydrogen-bond acceptors (Lipinski definition) is 4. The second kappa shape index (κ2) is 7.54. The van der Waals surface area contributed by atoms with Gasteiger partial charge in [0.15, 0.2) is 5.78 Å². The van der Waals surface area contributed by atoms with E-state index in [4.69, 9.17) is 0 Å². The summed E-state index contributed by atoms with van der Waals surface area (Å²) in [5, 5.41) is 6.03. The largest absolute Gasteiger partial charge is 0.355 e. The van der Waals surface area contributed by atoms with Crippen molar-refractivity contribution in [1.29, 1.82) is 0 Å². The Balaban J connectivity index is 2.12. The quantitative estimate of drug-likeness (QED) is 0.802. The highest BCUT2D eigenvalue weighted by Crippen LogP contribution is 2.18. The van der Waals surface area contributed by atoms with Crippen LogP contribution in [0.3, 0.4) is 0 Å². The summed E-state index contributed by atoms with van der Waals surface area (Å²) in [4.78, 5) is 27.6. The minimum atomic E-state index is -0.195. The van der Waals surface area contributed by atoms with Crippen molar-refractivity contribution in [1.82, 2.24) is 10.3 Å². The summed E-state index contributed by atoms with van der Waals surface area (Å²) in [5.74, 6) is 0.201. The Kier molecular flexibility index (Phi) is 5.46. The Hall–Kier alpha value is -2.69. The SMILES string of the molecule is CC(=O)c1cccc(Nc2ccnc(C(=O)NCC(C)C)c2)c1. The van der Waals surface area contributed by atoms with Crippen molar-refractivity contribution >= 4 is 23.1 Å². The molecule has 0 unspecified atom stereocenters. The first-order valence-corrected chi connectivity index (χ1v) is 7.58. The molecule has 0 bridgehead atoms. The summed E-state index contributed by atoms with van der Waals surface area (Å²) in [6.45, 7) is 6.21. The monoisotopic (exact) mass is 311 g/mol. The zero-order chi connectivity index (χ0) is 16.8. The van der Waals surface area contributed by atoms with Crippen LogP contribution in [0.4, 0.5) is 11.4 Å². The zero-order valence-corrected chi connectivity index (χ0v) is 13.6. The van der Waals surface area contributed by atoms with Crippen molar-refractivity contribution in [2.24, 2.45) is 5.92 Å². The van der Waals surface area contributed by atoms with E-state index in [0.717, 1.165) is 11.4 Å². The number of nitrogens with one attached hydrogen (secondary N) is 2. The number of amides is 1. The van der Waals surface area contributed by atoms with E-state index >= 15 is 0 Å². The molecule has 0 radical (unpaired) electrons. The lowest BCUT2D eigenvalue weighted by molar-refractivity contribution is 0.0943. The van der Waals surface area contributed by atoms with Gasteiger partial charge in [0.2, 0.25) is 0 Å². The molecule has 0 saturated carbocycles. The van der Waals surface area contributed by atoms with E-state index in [0.29, 0.717) is 23.7 Å². The van der Waals surface area contributed by atoms with Crippen molar-refractivity contribution in [3.05, 3.63) is 53.9 Å². The summed E-state index contributed by atoms with van der Waals surface area (Å²) in [5.41, 5.74) is 2.53. The van der Waals surface area contributed by atoms with Gasteiger partial charge in [-0.2, -0.15) is 0 Å². The summed E-state index contributed by atoms with van der Waals surface area (Å²) in [6.07, 6.45) is 1.58. The second-order valence-electron chi connectivity index (χ2n) is 5.80. The Morgan fingerprint density at radius 1 is 1.13 bits per heavy atom. The highest BCUT2D eigenvalue weighted by atomic mass is 16.1. The fourth-order valence-electron chi connectivity index (χ4n) is 2.00. The van der Waals surface area contributed by atoms with Crippen LogP contribution in [0.5, 0.6) is 0 Å². The number of Topliss-reactive ketones (excluding diaryl/α,β-unsaturated/α-hetero) is 1. The summed E-state index contributed by atoms with van der Waals surface area (Å²) in [6, 6.07) is 10.7. The smallest absolute Gasteiger partial charge is 0.269 e. The van der Waals surface area contributed by atoms with E-state index in [-0.39, 0.29) is 11.7 Å². The van der Waals surface area contributed by atoms with Crippen molar-refractivity contribution in [2.45, 2.75) is 20.8 Å². The number of rotatable bonds is 6. The summed E-state index contributed by atoms with van der Waals surface area (Å²) < 4.78 is 0. The normalized spacial score (nSPS) is 10.4. The highest BCUT2D eigenvalue weighted by Gasteiger charge is 2.08. The molecular formula is C18H21N3O2. The lowest BCUT2D eigenvalue weighted by Crippen LogP contribution is -2.28. The van der Waals surface area contributed by atoms with Crippen LogP contribution >= 0.6 is 0 Å². The van der Waals surface area contributed by atoms with Gasteiger partial charge in [0.05, 0.1) is 0 Å². The molecule has 5 nitrogen and oxygen atoms in total. The number of aromatic nitrogens is 1. The first-order chi connectivity index (χ1) is 11.0. The van der Waals surface area contributed by atoms with Crippen LogP contribution in [0, 0.1) is 5.92 Å². The lowest BCUT2D eigenvalue weighted by atomic mass is 10.1. The van der Waals surface area contributed by atoms with Crippen molar-refractivity contribution in [3.8, 4) is 0 Å². The Morgan fingerprint density at radius 3 is 2.57 bits per heavy atom. The molecule has 2 aromatic rings. The molecule has 0 aliphatic carbocycles. The molecule has 5 heteroatoms. The molecule has 0 aliphatic heterocycles. The molecule has 0 atom stereocenters. The van der Waals surface area contributed by atoms with Gasteiger partial charge in [0, 0.05) is 29.7 Å². The number of ketones is 1. The van der Waals surface area contributed by atoms with Gasteiger partial charge in [0.1, 0.15) is 5.69 Å². The first kappa shape index (κ1) is 16.7.